The summed E-state index contributed by atoms with van der Waals surface area (Å²) in [5.41, 5.74) is 1.55. The van der Waals surface area contributed by atoms with Crippen LogP contribution < -0.4 is 0 Å². The molecule has 1 N–H and O–H groups in total. The smallest absolute Gasteiger partial charge is 0.307 e. The molecule has 0 aliphatic carbocycles. The number of hydrogen-bond donors (Lipinski definition) is 1. The zero-order valence-corrected chi connectivity index (χ0v) is 7.41. The Balaban J connectivity index is 2.54. The van der Waals surface area contributed by atoms with E-state index in [0.29, 0.717) is 0 Å². The molecule has 2 rings (SSSR count). The van der Waals surface area contributed by atoms with Crippen molar-refractivity contribution in [1.82, 2.24) is 9.59 Å². The molecular formula is C8H6N2O2S. The molecule has 0 bridgehead atoms. The molecule has 0 spiro atoms. The van der Waals surface area contributed by atoms with E-state index in [4.69, 9.17) is 5.11 Å². The Morgan fingerprint density at radius 2 is 2.38 bits per heavy atom. The van der Waals surface area contributed by atoms with E-state index in [1.807, 2.05) is 6.07 Å². The lowest BCUT2D eigenvalue weighted by atomic mass is 10.1. The van der Waals surface area contributed by atoms with Crippen molar-refractivity contribution in [2.75, 3.05) is 0 Å². The van der Waals surface area contributed by atoms with Crippen LogP contribution in [0.2, 0.25) is 0 Å². The zero-order valence-electron chi connectivity index (χ0n) is 6.60. The van der Waals surface area contributed by atoms with Gasteiger partial charge in [-0.2, -0.15) is 0 Å². The number of aliphatic carboxylic acids is 1. The lowest BCUT2D eigenvalue weighted by Gasteiger charge is -1.95. The number of carboxylic acid groups (broad SMARTS) is 1. The van der Waals surface area contributed by atoms with Crippen molar-refractivity contribution in [3.8, 4) is 0 Å². The van der Waals surface area contributed by atoms with Gasteiger partial charge in [-0.1, -0.05) is 16.6 Å². The Kier molecular flexibility index (Phi) is 1.94. The number of aromatic nitrogens is 2. The second-order valence-electron chi connectivity index (χ2n) is 2.61. The highest BCUT2D eigenvalue weighted by atomic mass is 32.1. The number of carbonyl (C=O) groups is 1. The first-order chi connectivity index (χ1) is 6.27. The molecule has 0 aliphatic heterocycles. The fraction of sp³-hybridized carbons (Fsp3) is 0.125. The monoisotopic (exact) mass is 194 g/mol. The van der Waals surface area contributed by atoms with Crippen LogP contribution in [-0.2, 0) is 11.2 Å². The van der Waals surface area contributed by atoms with Gasteiger partial charge in [0, 0.05) is 0 Å². The van der Waals surface area contributed by atoms with Crippen LogP contribution in [0.1, 0.15) is 5.56 Å². The van der Waals surface area contributed by atoms with Crippen LogP contribution in [0.3, 0.4) is 0 Å². The van der Waals surface area contributed by atoms with Crippen molar-refractivity contribution in [3.05, 3.63) is 23.8 Å². The molecule has 66 valence electrons. The number of hydrogen-bond acceptors (Lipinski definition) is 4. The average molecular weight is 194 g/mol. The van der Waals surface area contributed by atoms with Crippen molar-refractivity contribution in [1.29, 1.82) is 0 Å². The molecule has 0 aliphatic rings. The first-order valence-corrected chi connectivity index (χ1v) is 4.46. The Hall–Kier alpha value is -1.49. The normalized spacial score (nSPS) is 10.5. The van der Waals surface area contributed by atoms with Gasteiger partial charge in [-0.3, -0.25) is 4.79 Å². The van der Waals surface area contributed by atoms with Gasteiger partial charge in [-0.15, -0.1) is 5.10 Å². The van der Waals surface area contributed by atoms with E-state index in [1.165, 1.54) is 11.5 Å². The van der Waals surface area contributed by atoms with Crippen LogP contribution in [0.25, 0.3) is 10.2 Å². The zero-order chi connectivity index (χ0) is 9.26. The minimum absolute atomic E-state index is 0.0290. The quantitative estimate of drug-likeness (QED) is 0.783. The number of fused-ring (bicyclic) bond motifs is 1. The first-order valence-electron chi connectivity index (χ1n) is 3.69. The number of nitrogens with zero attached hydrogens (tertiary/aromatic N) is 2. The van der Waals surface area contributed by atoms with Gasteiger partial charge < -0.3 is 5.11 Å². The molecule has 1 heterocycles. The van der Waals surface area contributed by atoms with E-state index in [0.717, 1.165) is 15.8 Å². The molecule has 0 radical (unpaired) electrons. The minimum Gasteiger partial charge on any atom is -0.481 e. The highest BCUT2D eigenvalue weighted by Crippen LogP contribution is 2.20. The van der Waals surface area contributed by atoms with Gasteiger partial charge in [0.2, 0.25) is 0 Å². The van der Waals surface area contributed by atoms with Gasteiger partial charge in [0.05, 0.1) is 11.1 Å². The van der Waals surface area contributed by atoms with E-state index >= 15 is 0 Å². The van der Waals surface area contributed by atoms with Crippen LogP contribution in [0.5, 0.6) is 0 Å². The summed E-state index contributed by atoms with van der Waals surface area (Å²) in [5.74, 6) is -0.833. The number of carboxylic acids is 1. The summed E-state index contributed by atoms with van der Waals surface area (Å²) in [7, 11) is 0. The number of benzene rings is 1. The molecule has 5 heteroatoms. The van der Waals surface area contributed by atoms with Gasteiger partial charge in [0.25, 0.3) is 0 Å². The van der Waals surface area contributed by atoms with Gasteiger partial charge in [0.15, 0.2) is 0 Å². The van der Waals surface area contributed by atoms with Crippen molar-refractivity contribution in [2.45, 2.75) is 6.42 Å². The molecule has 0 fully saturated rings. The molecule has 1 aromatic carbocycles. The van der Waals surface area contributed by atoms with Crippen molar-refractivity contribution in [2.24, 2.45) is 0 Å². The lowest BCUT2D eigenvalue weighted by molar-refractivity contribution is -0.136. The van der Waals surface area contributed by atoms with Crippen molar-refractivity contribution in [3.63, 3.8) is 0 Å². The molecule has 0 amide bonds. The van der Waals surface area contributed by atoms with E-state index in [9.17, 15) is 4.79 Å². The maximum absolute atomic E-state index is 10.5. The molecule has 0 unspecified atom stereocenters. The molecule has 13 heavy (non-hydrogen) atoms. The minimum atomic E-state index is -0.833. The first kappa shape index (κ1) is 8.12. The fourth-order valence-electron chi connectivity index (χ4n) is 1.16. The molecular weight excluding hydrogens is 188 g/mol. The van der Waals surface area contributed by atoms with Gasteiger partial charge in [0.1, 0.15) is 5.52 Å². The predicted molar refractivity (Wildman–Crippen MR) is 48.8 cm³/mol. The predicted octanol–water partition coefficient (Wildman–Crippen LogP) is 1.32. The van der Waals surface area contributed by atoms with E-state index in [-0.39, 0.29) is 6.42 Å². The molecule has 0 saturated heterocycles. The summed E-state index contributed by atoms with van der Waals surface area (Å²) in [4.78, 5) is 10.5. The third-order valence-corrected chi connectivity index (χ3v) is 2.52. The third-order valence-electron chi connectivity index (χ3n) is 1.70. The third kappa shape index (κ3) is 1.50. The van der Waals surface area contributed by atoms with Gasteiger partial charge in [-0.25, -0.2) is 0 Å². The maximum atomic E-state index is 10.5. The van der Waals surface area contributed by atoms with Crippen molar-refractivity contribution < 1.29 is 9.90 Å². The molecule has 1 aromatic heterocycles. The summed E-state index contributed by atoms with van der Waals surface area (Å²) in [5, 5.41) is 12.5. The van der Waals surface area contributed by atoms with E-state index in [1.54, 1.807) is 12.1 Å². The van der Waals surface area contributed by atoms with Crippen LogP contribution in [0.4, 0.5) is 0 Å². The standard InChI is InChI=1S/C8H6N2O2S/c11-7(12)4-5-2-1-3-6-8(5)13-10-9-6/h1-3H,4H2,(H,11,12). The SMILES string of the molecule is O=C(O)Cc1cccc2nnsc12. The summed E-state index contributed by atoms with van der Waals surface area (Å²) in [6.45, 7) is 0. The van der Waals surface area contributed by atoms with E-state index in [2.05, 4.69) is 9.59 Å². The van der Waals surface area contributed by atoms with Crippen molar-refractivity contribution >= 4 is 27.7 Å². The van der Waals surface area contributed by atoms with Crippen LogP contribution in [-0.4, -0.2) is 20.7 Å². The average Bonchev–Trinajstić information content (AvgIpc) is 2.51. The van der Waals surface area contributed by atoms with Gasteiger partial charge >= 0.3 is 5.97 Å². The van der Waals surface area contributed by atoms with Crippen LogP contribution in [0, 0.1) is 0 Å². The Morgan fingerprint density at radius 1 is 1.54 bits per heavy atom. The second kappa shape index (κ2) is 3.10. The Labute approximate surface area is 78.0 Å². The molecule has 4 nitrogen and oxygen atoms in total. The molecule has 0 saturated carbocycles. The highest BCUT2D eigenvalue weighted by Gasteiger charge is 2.07. The van der Waals surface area contributed by atoms with Gasteiger partial charge in [-0.05, 0) is 23.2 Å². The highest BCUT2D eigenvalue weighted by molar-refractivity contribution is 7.13. The maximum Gasteiger partial charge on any atom is 0.307 e. The summed E-state index contributed by atoms with van der Waals surface area (Å²) in [6, 6.07) is 5.41. The van der Waals surface area contributed by atoms with Crippen LogP contribution >= 0.6 is 11.5 Å². The Morgan fingerprint density at radius 3 is 3.15 bits per heavy atom. The largest absolute Gasteiger partial charge is 0.481 e. The lowest BCUT2D eigenvalue weighted by Crippen LogP contribution is -1.99. The molecule has 2 aromatic rings. The summed E-state index contributed by atoms with van der Waals surface area (Å²) in [6.07, 6.45) is 0.0290. The topological polar surface area (TPSA) is 63.1 Å². The Bertz CT molecular complexity index is 452. The van der Waals surface area contributed by atoms with Crippen LogP contribution in [0.15, 0.2) is 18.2 Å². The number of rotatable bonds is 2. The summed E-state index contributed by atoms with van der Waals surface area (Å²) >= 11 is 1.23. The fourth-order valence-corrected chi connectivity index (χ4v) is 1.83. The summed E-state index contributed by atoms with van der Waals surface area (Å²) < 4.78 is 4.63. The van der Waals surface area contributed by atoms with E-state index < -0.39 is 5.97 Å². The second-order valence-corrected chi connectivity index (χ2v) is 3.36. The molecule has 0 atom stereocenters.